The maximum absolute atomic E-state index is 12.6. The summed E-state index contributed by atoms with van der Waals surface area (Å²) in [6, 6.07) is 8.47. The second-order valence-electron chi connectivity index (χ2n) is 6.58. The van der Waals surface area contributed by atoms with Gasteiger partial charge in [-0.1, -0.05) is 13.0 Å². The molecule has 0 aliphatic heterocycles. The fourth-order valence-electron chi connectivity index (χ4n) is 2.49. The van der Waals surface area contributed by atoms with E-state index < -0.39 is 0 Å². The molecule has 1 aliphatic rings. The second-order valence-corrected chi connectivity index (χ2v) is 6.58. The van der Waals surface area contributed by atoms with Crippen molar-refractivity contribution in [2.75, 3.05) is 16.0 Å². The van der Waals surface area contributed by atoms with Crippen LogP contribution in [0.1, 0.15) is 42.1 Å². The summed E-state index contributed by atoms with van der Waals surface area (Å²) in [4.78, 5) is 40.1. The lowest BCUT2D eigenvalue weighted by atomic mass is 10.1. The normalized spacial score (nSPS) is 13.0. The minimum absolute atomic E-state index is 0.0599. The third kappa shape index (κ3) is 4.91. The number of hydrogen-bond donors (Lipinski definition) is 3. The van der Waals surface area contributed by atoms with Crippen molar-refractivity contribution in [1.29, 1.82) is 0 Å². The van der Waals surface area contributed by atoms with Gasteiger partial charge < -0.3 is 16.0 Å². The number of anilines is 3. The maximum atomic E-state index is 12.6. The third-order valence-corrected chi connectivity index (χ3v) is 4.31. The number of benzene rings is 1. The predicted molar refractivity (Wildman–Crippen MR) is 104 cm³/mol. The minimum Gasteiger partial charge on any atom is -0.326 e. The van der Waals surface area contributed by atoms with Gasteiger partial charge in [0.1, 0.15) is 5.82 Å². The molecule has 3 amide bonds. The number of rotatable bonds is 6. The molecule has 0 unspecified atom stereocenters. The van der Waals surface area contributed by atoms with Gasteiger partial charge in [-0.15, -0.1) is 0 Å². The van der Waals surface area contributed by atoms with Crippen LogP contribution in [0.3, 0.4) is 0 Å². The van der Waals surface area contributed by atoms with E-state index in [1.807, 2.05) is 13.0 Å². The van der Waals surface area contributed by atoms with Gasteiger partial charge in [0.25, 0.3) is 5.91 Å². The van der Waals surface area contributed by atoms with Gasteiger partial charge in [0.2, 0.25) is 11.8 Å². The summed E-state index contributed by atoms with van der Waals surface area (Å²) in [6.07, 6.45) is 3.66. The maximum Gasteiger partial charge on any atom is 0.255 e. The van der Waals surface area contributed by atoms with Gasteiger partial charge in [0, 0.05) is 35.5 Å². The highest BCUT2D eigenvalue weighted by Crippen LogP contribution is 2.30. The first-order valence-corrected chi connectivity index (χ1v) is 8.95. The van der Waals surface area contributed by atoms with E-state index in [0.29, 0.717) is 29.2 Å². The average molecular weight is 366 g/mol. The number of pyridine rings is 1. The van der Waals surface area contributed by atoms with Crippen LogP contribution in [0.15, 0.2) is 36.5 Å². The Labute approximate surface area is 157 Å². The fraction of sp³-hybridized carbons (Fsp3) is 0.300. The van der Waals surface area contributed by atoms with Crippen LogP contribution in [0.4, 0.5) is 17.2 Å². The van der Waals surface area contributed by atoms with E-state index in [9.17, 15) is 14.4 Å². The van der Waals surface area contributed by atoms with Crippen molar-refractivity contribution in [3.63, 3.8) is 0 Å². The number of hydrogen-bond acceptors (Lipinski definition) is 4. The van der Waals surface area contributed by atoms with E-state index in [0.717, 1.165) is 18.4 Å². The van der Waals surface area contributed by atoms with Gasteiger partial charge in [-0.2, -0.15) is 0 Å². The molecular formula is C20H22N4O3. The van der Waals surface area contributed by atoms with Crippen molar-refractivity contribution >= 4 is 34.9 Å². The van der Waals surface area contributed by atoms with Crippen LogP contribution in [0.25, 0.3) is 0 Å². The Hall–Kier alpha value is -3.22. The van der Waals surface area contributed by atoms with E-state index in [2.05, 4.69) is 20.9 Å². The summed E-state index contributed by atoms with van der Waals surface area (Å²) in [5.41, 5.74) is 2.48. The topological polar surface area (TPSA) is 100 Å². The quantitative estimate of drug-likeness (QED) is 0.730. The van der Waals surface area contributed by atoms with Crippen LogP contribution in [-0.4, -0.2) is 22.7 Å². The van der Waals surface area contributed by atoms with Gasteiger partial charge in [0.15, 0.2) is 0 Å². The van der Waals surface area contributed by atoms with E-state index in [1.54, 1.807) is 31.2 Å². The molecule has 7 nitrogen and oxygen atoms in total. The highest BCUT2D eigenvalue weighted by Gasteiger charge is 2.29. The van der Waals surface area contributed by atoms with E-state index in [1.165, 1.54) is 6.20 Å². The van der Waals surface area contributed by atoms with Crippen molar-refractivity contribution in [2.45, 2.75) is 33.1 Å². The Kier molecular flexibility index (Phi) is 5.49. The summed E-state index contributed by atoms with van der Waals surface area (Å²) in [7, 11) is 0. The molecule has 1 fully saturated rings. The number of nitrogens with one attached hydrogen (secondary N) is 3. The molecule has 140 valence electrons. The molecule has 1 heterocycles. The highest BCUT2D eigenvalue weighted by molar-refractivity contribution is 6.06. The van der Waals surface area contributed by atoms with Crippen molar-refractivity contribution in [3.8, 4) is 0 Å². The van der Waals surface area contributed by atoms with E-state index >= 15 is 0 Å². The summed E-state index contributed by atoms with van der Waals surface area (Å²) in [6.45, 7) is 3.64. The Morgan fingerprint density at radius 1 is 1.07 bits per heavy atom. The number of aromatic nitrogens is 1. The minimum atomic E-state index is -0.318. The smallest absolute Gasteiger partial charge is 0.255 e. The van der Waals surface area contributed by atoms with Crippen molar-refractivity contribution in [2.24, 2.45) is 5.92 Å². The largest absolute Gasteiger partial charge is 0.326 e. The van der Waals surface area contributed by atoms with Crippen LogP contribution in [0, 0.1) is 12.8 Å². The molecule has 7 heteroatoms. The standard InChI is InChI=1S/C20H22N4O3/c1-3-18(25)22-15-7-4-12(2)16(11-15)23-20(27)14-8-9-21-17(10-14)24-19(26)13-5-6-13/h4,7-11,13H,3,5-6H2,1-2H3,(H,22,25)(H,23,27)(H,21,24,26). The molecule has 3 N–H and O–H groups in total. The lowest BCUT2D eigenvalue weighted by Gasteiger charge is -2.12. The molecular weight excluding hydrogens is 344 g/mol. The lowest BCUT2D eigenvalue weighted by Crippen LogP contribution is -2.17. The zero-order valence-corrected chi connectivity index (χ0v) is 15.3. The Bertz CT molecular complexity index is 891. The van der Waals surface area contributed by atoms with Crippen LogP contribution < -0.4 is 16.0 Å². The predicted octanol–water partition coefficient (Wildman–Crippen LogP) is 3.34. The van der Waals surface area contributed by atoms with Gasteiger partial charge in [-0.3, -0.25) is 14.4 Å². The van der Waals surface area contributed by atoms with Gasteiger partial charge in [-0.05, 0) is 49.6 Å². The molecule has 0 spiro atoms. The number of aryl methyl sites for hydroxylation is 1. The molecule has 0 bridgehead atoms. The van der Waals surface area contributed by atoms with Crippen molar-refractivity contribution in [1.82, 2.24) is 4.98 Å². The number of amides is 3. The molecule has 0 saturated heterocycles. The molecule has 1 saturated carbocycles. The SMILES string of the molecule is CCC(=O)Nc1ccc(C)c(NC(=O)c2ccnc(NC(=O)C3CC3)c2)c1. The monoisotopic (exact) mass is 366 g/mol. The summed E-state index contributed by atoms with van der Waals surface area (Å²) >= 11 is 0. The van der Waals surface area contributed by atoms with Crippen molar-refractivity contribution in [3.05, 3.63) is 47.7 Å². The molecule has 0 atom stereocenters. The zero-order valence-electron chi connectivity index (χ0n) is 15.3. The fourth-order valence-corrected chi connectivity index (χ4v) is 2.49. The first-order chi connectivity index (χ1) is 13.0. The van der Waals surface area contributed by atoms with E-state index in [-0.39, 0.29) is 23.6 Å². The van der Waals surface area contributed by atoms with Gasteiger partial charge >= 0.3 is 0 Å². The molecule has 1 aromatic heterocycles. The third-order valence-electron chi connectivity index (χ3n) is 4.31. The Balaban J connectivity index is 1.72. The average Bonchev–Trinajstić information content (AvgIpc) is 3.50. The van der Waals surface area contributed by atoms with Gasteiger partial charge in [-0.25, -0.2) is 4.98 Å². The molecule has 3 rings (SSSR count). The molecule has 27 heavy (non-hydrogen) atoms. The van der Waals surface area contributed by atoms with Crippen molar-refractivity contribution < 1.29 is 14.4 Å². The number of carbonyl (C=O) groups is 3. The Morgan fingerprint density at radius 2 is 1.85 bits per heavy atom. The summed E-state index contributed by atoms with van der Waals surface area (Å²) < 4.78 is 0. The second kappa shape index (κ2) is 7.99. The van der Waals surface area contributed by atoms with E-state index in [4.69, 9.17) is 0 Å². The summed E-state index contributed by atoms with van der Waals surface area (Å²) in [5.74, 6) is -0.0498. The molecule has 1 aliphatic carbocycles. The highest BCUT2D eigenvalue weighted by atomic mass is 16.2. The molecule has 1 aromatic carbocycles. The summed E-state index contributed by atoms with van der Waals surface area (Å²) in [5, 5.41) is 8.35. The first kappa shape index (κ1) is 18.6. The number of nitrogens with zero attached hydrogens (tertiary/aromatic N) is 1. The zero-order chi connectivity index (χ0) is 19.4. The van der Waals surface area contributed by atoms with Gasteiger partial charge in [0.05, 0.1) is 0 Å². The Morgan fingerprint density at radius 3 is 2.56 bits per heavy atom. The van der Waals surface area contributed by atoms with Crippen LogP contribution in [0.2, 0.25) is 0 Å². The van der Waals surface area contributed by atoms with Crippen LogP contribution in [-0.2, 0) is 9.59 Å². The van der Waals surface area contributed by atoms with Crippen LogP contribution >= 0.6 is 0 Å². The number of carbonyl (C=O) groups excluding carboxylic acids is 3. The molecule has 2 aromatic rings. The first-order valence-electron chi connectivity index (χ1n) is 8.95. The molecule has 0 radical (unpaired) electrons. The lowest BCUT2D eigenvalue weighted by molar-refractivity contribution is -0.117. The van der Waals surface area contributed by atoms with Crippen LogP contribution in [0.5, 0.6) is 0 Å².